The maximum atomic E-state index is 13.1. The molecule has 89 heavy (non-hydrogen) atoms. The van der Waals surface area contributed by atoms with Crippen LogP contribution in [0.1, 0.15) is 112 Å². The number of nitrogens with zero attached hydrogens (tertiary/aromatic N) is 3. The summed E-state index contributed by atoms with van der Waals surface area (Å²) in [7, 11) is -6.22. The van der Waals surface area contributed by atoms with Gasteiger partial charge in [-0.15, -0.1) is 36.9 Å². The number of aryl methyl sites for hydroxylation is 2. The third-order valence-corrected chi connectivity index (χ3v) is 15.4. The van der Waals surface area contributed by atoms with E-state index in [0.29, 0.717) is 59.0 Å². The Labute approximate surface area is 579 Å². The number of carbonyl (C=O) groups is 1. The van der Waals surface area contributed by atoms with Crippen molar-refractivity contribution in [3.63, 3.8) is 0 Å². The van der Waals surface area contributed by atoms with Crippen molar-refractivity contribution >= 4 is 61.5 Å². The zero-order valence-corrected chi connectivity index (χ0v) is 58.9. The van der Waals surface area contributed by atoms with Gasteiger partial charge in [-0.1, -0.05) is 172 Å². The van der Waals surface area contributed by atoms with Crippen LogP contribution in [0.15, 0.2) is 181 Å². The summed E-state index contributed by atoms with van der Waals surface area (Å²) in [5.41, 5.74) is 11.5. The second-order valence-electron chi connectivity index (χ2n) is 21.9. The number of allylic oxidation sites excluding steroid dienone is 6. The molecule has 6 aromatic rings. The van der Waals surface area contributed by atoms with Crippen LogP contribution in [0.2, 0.25) is 5.02 Å². The average molecular weight is 1290 g/mol. The molecule has 0 unspecified atom stereocenters. The number of aliphatic imine (C=N–C) groups is 1. The molecule has 1 aromatic heterocycles. The van der Waals surface area contributed by atoms with E-state index in [1.807, 2.05) is 12.3 Å². The Morgan fingerprint density at radius 1 is 0.730 bits per heavy atom. The normalized spacial score (nSPS) is 14.0. The quantitative estimate of drug-likeness (QED) is 0.0142. The zero-order valence-electron chi connectivity index (χ0n) is 52.5. The molecule has 0 aliphatic carbocycles. The molecule has 2 N–H and O–H groups in total. The van der Waals surface area contributed by atoms with Crippen LogP contribution in [0.4, 0.5) is 11.5 Å². The second-order valence-corrected chi connectivity index (χ2v) is 23.2. The van der Waals surface area contributed by atoms with Crippen molar-refractivity contribution in [1.82, 2.24) is 10.6 Å². The summed E-state index contributed by atoms with van der Waals surface area (Å²) in [4.78, 5) is 20.8. The predicted molar refractivity (Wildman–Crippen MR) is 344 cm³/mol. The Balaban J connectivity index is 0.00000160. The minimum absolute atomic E-state index is 0. The van der Waals surface area contributed by atoms with Gasteiger partial charge >= 0.3 is 86.1 Å². The molecule has 2 aliphatic rings. The first-order valence-corrected chi connectivity index (χ1v) is 31.9. The molecule has 3 heterocycles. The van der Waals surface area contributed by atoms with Crippen molar-refractivity contribution in [2.75, 3.05) is 64.2 Å². The van der Waals surface area contributed by atoms with Crippen molar-refractivity contribution in [3.05, 3.63) is 233 Å². The van der Waals surface area contributed by atoms with Crippen LogP contribution in [0.3, 0.4) is 0 Å². The van der Waals surface area contributed by atoms with Crippen LogP contribution in [-0.2, 0) is 69.6 Å². The Bertz CT molecular complexity index is 3420. The Morgan fingerprint density at radius 3 is 1.85 bits per heavy atom. The molecule has 2 aliphatic heterocycles. The fourth-order valence-corrected chi connectivity index (χ4v) is 11.1. The molecule has 0 radical (unpaired) electrons. The first-order chi connectivity index (χ1) is 41.9. The van der Waals surface area contributed by atoms with Gasteiger partial charge in [-0.25, -0.2) is 4.57 Å². The Morgan fingerprint density at radius 2 is 1.29 bits per heavy atom. The summed E-state index contributed by atoms with van der Waals surface area (Å²) in [5, 5.41) is 7.74. The van der Waals surface area contributed by atoms with E-state index in [-0.39, 0.29) is 75.9 Å². The molecule has 0 spiro atoms. The van der Waals surface area contributed by atoms with Crippen molar-refractivity contribution < 1.29 is 108 Å². The molecule has 0 bridgehead atoms. The Hall–Kier alpha value is -5.22. The number of hydrogen-bond acceptors (Lipinski definition) is 13. The number of pyridine rings is 1. The molecule has 1 amide bonds. The zero-order chi connectivity index (χ0) is 62.7. The van der Waals surface area contributed by atoms with Gasteiger partial charge in [0.1, 0.15) is 6.20 Å². The molecule has 5 aromatic carbocycles. The van der Waals surface area contributed by atoms with Crippen LogP contribution in [0.25, 0.3) is 5.57 Å². The SMILES string of the molecule is O=S(=O)=O.O=S(=O)=O.[CH2-]CCN1\C(=C/C=C(/C=C/C2=Nc3c(cc(Cl)c[n+]3CCCC)C2(C)C)c2cccc(CCC(=O)NCCCOCCOCCOCCCNC(c3ccccc3)(c3ccccc3)c3ccccc3)c2)C(C)(C)c2c[c-]ccc21.[Na+].[Na+]. The molecule has 0 saturated carbocycles. The number of rotatable bonds is 30. The van der Waals surface area contributed by atoms with E-state index in [1.54, 1.807) is 0 Å². The fraction of sp³-hybridized carbons (Fsp3) is 0.362. The number of aromatic nitrogens is 1. The largest absolute Gasteiger partial charge is 1.00 e. The molecule has 15 nitrogen and oxygen atoms in total. The first-order valence-electron chi connectivity index (χ1n) is 29.5. The van der Waals surface area contributed by atoms with E-state index in [4.69, 9.17) is 56.1 Å². The molecular formula is C69H81ClN5Na2O10S2+. The number of anilines is 1. The Kier molecular flexibility index (Phi) is 33.6. The number of halogens is 1. The maximum absolute atomic E-state index is 13.1. The molecular weight excluding hydrogens is 1200 g/mol. The van der Waals surface area contributed by atoms with Gasteiger partial charge in [0.15, 0.2) is 5.71 Å². The van der Waals surface area contributed by atoms with Gasteiger partial charge in [0, 0.05) is 31.9 Å². The summed E-state index contributed by atoms with van der Waals surface area (Å²) >= 11 is 6.70. The minimum atomic E-state index is -3.11. The standard InChI is InChI=1S/C69H81ClN5O4.2Na.2O3S/c1-7-9-43-74-52-59(70)51-61-66(74)73-63(67(61,3)4)37-35-54(36-38-64-68(5,6)60-32-19-20-33-62(60)75(64)42-8-2)55-25-21-24-53(50-55)34-39-65(76)71-40-22-44-77-46-48-79-49-47-78-45-23-41-72-69(56-26-13-10-14-27-56,57-28-15-11-16-29-57)58-30-17-12-18-31-58;;;2*1-4(2)3/h10-18,20-21,24-33,35-38,50-52,72H,2,7-9,22-23,34,39-49H2,1,3-6H3,(H,71,76);;;;/q-1;2*+1;;. The number of unbranched alkanes of at least 4 members (excludes halogenated alkanes) is 1. The van der Waals surface area contributed by atoms with Crippen molar-refractivity contribution in [3.8, 4) is 0 Å². The maximum Gasteiger partial charge on any atom is 1.00 e. The number of hydrogen-bond donors (Lipinski definition) is 2. The number of nitrogens with one attached hydrogen (secondary N) is 2. The van der Waals surface area contributed by atoms with Gasteiger partial charge in [0.05, 0.1) is 54.5 Å². The topological polar surface area (TPSA) is 191 Å². The summed E-state index contributed by atoms with van der Waals surface area (Å²) < 4.78 is 70.4. The summed E-state index contributed by atoms with van der Waals surface area (Å²) in [6, 6.07) is 52.2. The van der Waals surface area contributed by atoms with Crippen LogP contribution in [0, 0.1) is 13.0 Å². The van der Waals surface area contributed by atoms with Crippen LogP contribution < -0.4 is 79.2 Å². The van der Waals surface area contributed by atoms with Gasteiger partial charge in [-0.05, 0) is 115 Å². The summed E-state index contributed by atoms with van der Waals surface area (Å²) in [6.45, 7) is 21.6. The molecule has 0 fully saturated rings. The van der Waals surface area contributed by atoms with Crippen molar-refractivity contribution in [2.45, 2.75) is 102 Å². The predicted octanol–water partition coefficient (Wildman–Crippen LogP) is 5.60. The van der Waals surface area contributed by atoms with Crippen molar-refractivity contribution in [2.24, 2.45) is 4.99 Å². The minimum Gasteiger partial charge on any atom is -0.379 e. The number of fused-ring (bicyclic) bond motifs is 2. The van der Waals surface area contributed by atoms with Gasteiger partial charge in [0.2, 0.25) is 5.91 Å². The number of benzene rings is 5. The van der Waals surface area contributed by atoms with E-state index in [1.165, 1.54) is 33.6 Å². The number of carbonyl (C=O) groups excluding carboxylic acids is 1. The third-order valence-electron chi connectivity index (χ3n) is 15.2. The van der Waals surface area contributed by atoms with Crippen LogP contribution >= 0.6 is 11.6 Å². The molecule has 462 valence electrons. The number of ether oxygens (including phenoxy) is 3. The van der Waals surface area contributed by atoms with Gasteiger partial charge < -0.3 is 31.4 Å². The second kappa shape index (κ2) is 39.2. The summed E-state index contributed by atoms with van der Waals surface area (Å²) in [6.07, 6.45) is 16.4. The average Bonchev–Trinajstić information content (AvgIpc) is 1.79. The van der Waals surface area contributed by atoms with E-state index in [2.05, 4.69) is 225 Å². The summed E-state index contributed by atoms with van der Waals surface area (Å²) in [5.74, 6) is 0.999. The fourth-order valence-electron chi connectivity index (χ4n) is 10.9. The monoisotopic (exact) mass is 1280 g/mol. The van der Waals surface area contributed by atoms with Gasteiger partial charge in [0.25, 0.3) is 0 Å². The molecule has 20 heteroatoms. The van der Waals surface area contributed by atoms with Crippen LogP contribution in [-0.4, -0.2) is 96.1 Å². The van der Waals surface area contributed by atoms with E-state index in [9.17, 15) is 4.79 Å². The van der Waals surface area contributed by atoms with E-state index >= 15 is 0 Å². The molecule has 0 saturated heterocycles. The third kappa shape index (κ3) is 22.5. The molecule has 8 rings (SSSR count). The first kappa shape index (κ1) is 76.2. The van der Waals surface area contributed by atoms with Gasteiger partial charge in [-0.3, -0.25) is 10.1 Å². The van der Waals surface area contributed by atoms with Crippen molar-refractivity contribution in [1.29, 1.82) is 0 Å². The molecule has 0 atom stereocenters. The van der Waals surface area contributed by atoms with E-state index in [0.717, 1.165) is 90.6 Å². The number of amides is 1. The van der Waals surface area contributed by atoms with Gasteiger partial charge in [-0.2, -0.15) is 24.6 Å². The smallest absolute Gasteiger partial charge is 0.379 e. The van der Waals surface area contributed by atoms with E-state index < -0.39 is 26.8 Å². The van der Waals surface area contributed by atoms with Crippen LogP contribution in [0.5, 0.6) is 0 Å².